The summed E-state index contributed by atoms with van der Waals surface area (Å²) in [5.41, 5.74) is 0.360. The number of anilines is 1. The monoisotopic (exact) mass is 366 g/mol. The molecule has 0 aromatic carbocycles. The molecular weight excluding hydrogens is 340 g/mol. The van der Waals surface area contributed by atoms with E-state index in [0.29, 0.717) is 24.5 Å². The lowest BCUT2D eigenvalue weighted by atomic mass is 10.1. The number of hydrogen-bond donors (Lipinski definition) is 0. The first-order chi connectivity index (χ1) is 11.9. The summed E-state index contributed by atoms with van der Waals surface area (Å²) in [6.45, 7) is 6.04. The van der Waals surface area contributed by atoms with E-state index in [9.17, 15) is 13.2 Å². The van der Waals surface area contributed by atoms with Crippen molar-refractivity contribution in [3.8, 4) is 0 Å². The van der Waals surface area contributed by atoms with Crippen LogP contribution in [-0.4, -0.2) is 66.4 Å². The first kappa shape index (κ1) is 18.1. The van der Waals surface area contributed by atoms with Crippen molar-refractivity contribution in [3.05, 3.63) is 17.6 Å². The van der Waals surface area contributed by atoms with Crippen LogP contribution in [0.3, 0.4) is 0 Å². The summed E-state index contributed by atoms with van der Waals surface area (Å²) >= 11 is 0. The highest BCUT2D eigenvalue weighted by molar-refractivity contribution is 7.91. The van der Waals surface area contributed by atoms with Crippen molar-refractivity contribution in [3.63, 3.8) is 0 Å². The van der Waals surface area contributed by atoms with E-state index in [-0.39, 0.29) is 23.5 Å². The Morgan fingerprint density at radius 3 is 2.60 bits per heavy atom. The average Bonchev–Trinajstić information content (AvgIpc) is 2.95. The Kier molecular flexibility index (Phi) is 5.27. The van der Waals surface area contributed by atoms with Crippen LogP contribution in [0.15, 0.2) is 6.07 Å². The maximum Gasteiger partial charge on any atom is 0.272 e. The lowest BCUT2D eigenvalue weighted by Crippen LogP contribution is -2.41. The molecule has 0 spiro atoms. The van der Waals surface area contributed by atoms with Crippen molar-refractivity contribution in [2.45, 2.75) is 45.6 Å². The van der Waals surface area contributed by atoms with E-state index in [1.54, 1.807) is 17.9 Å². The Balaban J connectivity index is 1.84. The molecule has 25 heavy (non-hydrogen) atoms. The van der Waals surface area contributed by atoms with Crippen LogP contribution in [0.2, 0.25) is 0 Å². The Bertz CT molecular complexity index is 744. The molecule has 2 aliphatic heterocycles. The SMILES string of the molecule is CCN(C(=O)c1cc(N2CCCCC2)nc(C)n1)C1CCS(=O)(=O)C1. The zero-order valence-electron chi connectivity index (χ0n) is 14.9. The van der Waals surface area contributed by atoms with E-state index in [1.807, 2.05) is 6.92 Å². The minimum Gasteiger partial charge on any atom is -0.356 e. The first-order valence-electron chi connectivity index (χ1n) is 9.01. The normalized spacial score (nSPS) is 22.8. The second-order valence-electron chi connectivity index (χ2n) is 6.85. The molecule has 3 rings (SSSR count). The van der Waals surface area contributed by atoms with Crippen LogP contribution in [0.5, 0.6) is 0 Å². The molecular formula is C17H26N4O3S. The van der Waals surface area contributed by atoms with E-state index < -0.39 is 9.84 Å². The van der Waals surface area contributed by atoms with Gasteiger partial charge in [-0.2, -0.15) is 0 Å². The Morgan fingerprint density at radius 1 is 1.28 bits per heavy atom. The minimum absolute atomic E-state index is 0.0512. The molecule has 138 valence electrons. The molecule has 0 saturated carbocycles. The van der Waals surface area contributed by atoms with Crippen LogP contribution < -0.4 is 4.90 Å². The van der Waals surface area contributed by atoms with Crippen LogP contribution in [0.25, 0.3) is 0 Å². The van der Waals surface area contributed by atoms with Gasteiger partial charge in [0, 0.05) is 31.7 Å². The van der Waals surface area contributed by atoms with Gasteiger partial charge in [0.1, 0.15) is 17.3 Å². The molecule has 2 fully saturated rings. The second kappa shape index (κ2) is 7.27. The van der Waals surface area contributed by atoms with E-state index >= 15 is 0 Å². The number of aryl methyl sites for hydroxylation is 1. The van der Waals surface area contributed by atoms with E-state index in [4.69, 9.17) is 0 Å². The largest absolute Gasteiger partial charge is 0.356 e. The van der Waals surface area contributed by atoms with E-state index in [1.165, 1.54) is 6.42 Å². The van der Waals surface area contributed by atoms with Crippen molar-refractivity contribution in [1.29, 1.82) is 0 Å². The van der Waals surface area contributed by atoms with Gasteiger partial charge < -0.3 is 9.80 Å². The highest BCUT2D eigenvalue weighted by Crippen LogP contribution is 2.22. The summed E-state index contributed by atoms with van der Waals surface area (Å²) in [7, 11) is -3.03. The lowest BCUT2D eigenvalue weighted by molar-refractivity contribution is 0.0702. The summed E-state index contributed by atoms with van der Waals surface area (Å²) in [4.78, 5) is 25.6. The van der Waals surface area contributed by atoms with Crippen LogP contribution >= 0.6 is 0 Å². The third-order valence-electron chi connectivity index (χ3n) is 4.97. The topological polar surface area (TPSA) is 83.5 Å². The van der Waals surface area contributed by atoms with Crippen molar-refractivity contribution in [2.24, 2.45) is 0 Å². The molecule has 1 aromatic rings. The molecule has 1 unspecified atom stereocenters. The van der Waals surface area contributed by atoms with Crippen LogP contribution in [-0.2, 0) is 9.84 Å². The van der Waals surface area contributed by atoms with Gasteiger partial charge in [0.05, 0.1) is 11.5 Å². The van der Waals surface area contributed by atoms with Gasteiger partial charge in [0.25, 0.3) is 5.91 Å². The fourth-order valence-corrected chi connectivity index (χ4v) is 5.41. The number of aromatic nitrogens is 2. The molecule has 0 radical (unpaired) electrons. The second-order valence-corrected chi connectivity index (χ2v) is 9.08. The van der Waals surface area contributed by atoms with Crippen molar-refractivity contribution in [1.82, 2.24) is 14.9 Å². The number of piperidine rings is 1. The Hall–Kier alpha value is -1.70. The van der Waals surface area contributed by atoms with E-state index in [0.717, 1.165) is 31.7 Å². The van der Waals surface area contributed by atoms with Gasteiger partial charge >= 0.3 is 0 Å². The molecule has 2 aliphatic rings. The van der Waals surface area contributed by atoms with Crippen molar-refractivity contribution in [2.75, 3.05) is 36.0 Å². The Morgan fingerprint density at radius 2 is 2.00 bits per heavy atom. The van der Waals surface area contributed by atoms with Crippen molar-refractivity contribution >= 4 is 21.6 Å². The summed E-state index contributed by atoms with van der Waals surface area (Å²) < 4.78 is 23.5. The van der Waals surface area contributed by atoms with Crippen molar-refractivity contribution < 1.29 is 13.2 Å². The minimum atomic E-state index is -3.03. The fourth-order valence-electron chi connectivity index (χ4n) is 3.68. The molecule has 1 aromatic heterocycles. The predicted octanol–water partition coefficient (Wildman–Crippen LogP) is 1.42. The maximum absolute atomic E-state index is 13.0. The standard InChI is InChI=1S/C17H26N4O3S/c1-3-21(14-7-10-25(23,24)12-14)17(22)15-11-16(19-13(2)18-15)20-8-5-4-6-9-20/h11,14H,3-10,12H2,1-2H3. The zero-order chi connectivity index (χ0) is 18.0. The molecule has 3 heterocycles. The van der Waals surface area contributed by atoms with E-state index in [2.05, 4.69) is 14.9 Å². The molecule has 0 aliphatic carbocycles. The molecule has 7 nitrogen and oxygen atoms in total. The summed E-state index contributed by atoms with van der Waals surface area (Å²) in [5.74, 6) is 1.37. The van der Waals surface area contributed by atoms with Crippen LogP contribution in [0.1, 0.15) is 48.9 Å². The average molecular weight is 366 g/mol. The molecule has 0 bridgehead atoms. The molecule has 1 amide bonds. The number of hydrogen-bond acceptors (Lipinski definition) is 6. The fraction of sp³-hybridized carbons (Fsp3) is 0.706. The van der Waals surface area contributed by atoms with Gasteiger partial charge in [0.15, 0.2) is 9.84 Å². The van der Waals surface area contributed by atoms with Gasteiger partial charge in [-0.25, -0.2) is 18.4 Å². The first-order valence-corrected chi connectivity index (χ1v) is 10.8. The lowest BCUT2D eigenvalue weighted by Gasteiger charge is -2.29. The molecule has 2 saturated heterocycles. The highest BCUT2D eigenvalue weighted by atomic mass is 32.2. The van der Waals surface area contributed by atoms with Gasteiger partial charge in [-0.15, -0.1) is 0 Å². The number of carbonyl (C=O) groups is 1. The summed E-state index contributed by atoms with van der Waals surface area (Å²) in [6, 6.07) is 1.50. The maximum atomic E-state index is 13.0. The zero-order valence-corrected chi connectivity index (χ0v) is 15.8. The predicted molar refractivity (Wildman–Crippen MR) is 96.6 cm³/mol. The van der Waals surface area contributed by atoms with Gasteiger partial charge in [-0.3, -0.25) is 4.79 Å². The number of rotatable bonds is 4. The quantitative estimate of drug-likeness (QED) is 0.801. The number of sulfone groups is 1. The number of carbonyl (C=O) groups excluding carboxylic acids is 1. The van der Waals surface area contributed by atoms with Gasteiger partial charge in [-0.05, 0) is 39.5 Å². The molecule has 0 N–H and O–H groups in total. The van der Waals surface area contributed by atoms with Gasteiger partial charge in [0.2, 0.25) is 0 Å². The number of amides is 1. The van der Waals surface area contributed by atoms with Crippen LogP contribution in [0, 0.1) is 6.92 Å². The smallest absolute Gasteiger partial charge is 0.272 e. The summed E-state index contributed by atoms with van der Waals surface area (Å²) in [5, 5.41) is 0. The Labute approximate surface area is 149 Å². The molecule has 1 atom stereocenters. The van der Waals surface area contributed by atoms with Gasteiger partial charge in [-0.1, -0.05) is 0 Å². The van der Waals surface area contributed by atoms with Crippen LogP contribution in [0.4, 0.5) is 5.82 Å². The third kappa shape index (κ3) is 4.11. The number of nitrogens with zero attached hydrogens (tertiary/aromatic N) is 4. The third-order valence-corrected chi connectivity index (χ3v) is 6.72. The molecule has 8 heteroatoms. The summed E-state index contributed by atoms with van der Waals surface area (Å²) in [6.07, 6.45) is 4.00. The highest BCUT2D eigenvalue weighted by Gasteiger charge is 2.35.